The molecule has 0 saturated carbocycles. The quantitative estimate of drug-likeness (QED) is 0.625. The van der Waals surface area contributed by atoms with Gasteiger partial charge in [-0.1, -0.05) is 11.6 Å². The normalized spacial score (nSPS) is 10.6. The van der Waals surface area contributed by atoms with Gasteiger partial charge in [0.2, 0.25) is 5.95 Å². The summed E-state index contributed by atoms with van der Waals surface area (Å²) in [4.78, 5) is 3.73. The molecule has 1 aromatic carbocycles. The first-order chi connectivity index (χ1) is 6.16. The van der Waals surface area contributed by atoms with Crippen molar-refractivity contribution in [3.63, 3.8) is 0 Å². The molecule has 0 spiro atoms. The van der Waals surface area contributed by atoms with Gasteiger partial charge in [0.1, 0.15) is 0 Å². The van der Waals surface area contributed by atoms with E-state index >= 15 is 0 Å². The molecule has 1 aromatic heterocycles. The van der Waals surface area contributed by atoms with Crippen LogP contribution in [0.1, 0.15) is 5.56 Å². The number of nitrogens with zero attached hydrogens (tertiary/aromatic N) is 1. The summed E-state index contributed by atoms with van der Waals surface area (Å²) in [5.74, 6) is -0.533. The summed E-state index contributed by atoms with van der Waals surface area (Å²) in [5, 5.41) is 0.807. The summed E-state index contributed by atoms with van der Waals surface area (Å²) in [7, 11) is 0. The van der Waals surface area contributed by atoms with Crippen LogP contribution < -0.4 is 5.73 Å². The van der Waals surface area contributed by atoms with Crippen molar-refractivity contribution in [1.29, 1.82) is 0 Å². The molecule has 1 heterocycles. The maximum Gasteiger partial charge on any atom is 0.215 e. The molecule has 0 aliphatic carbocycles. The van der Waals surface area contributed by atoms with Crippen LogP contribution in [0.25, 0.3) is 10.9 Å². The molecule has 0 bridgehead atoms. The van der Waals surface area contributed by atoms with Crippen LogP contribution in [0.2, 0.25) is 0 Å². The average Bonchev–Trinajstić information content (AvgIpc) is 2.06. The number of nitrogens with two attached hydrogens (primary N) is 1. The molecule has 13 heavy (non-hydrogen) atoms. The topological polar surface area (TPSA) is 38.9 Å². The first-order valence-electron chi connectivity index (χ1n) is 3.99. The predicted octanol–water partition coefficient (Wildman–Crippen LogP) is 2.26. The van der Waals surface area contributed by atoms with Gasteiger partial charge < -0.3 is 5.73 Å². The van der Waals surface area contributed by atoms with Gasteiger partial charge in [0.05, 0.1) is 5.52 Å². The van der Waals surface area contributed by atoms with Crippen LogP contribution in [0.5, 0.6) is 0 Å². The predicted molar refractivity (Wildman–Crippen MR) is 50.9 cm³/mol. The Morgan fingerprint density at radius 2 is 2.08 bits per heavy atom. The number of hydrogen-bond donors (Lipinski definition) is 1. The SMILES string of the molecule is Cc1ccc2nc(F)cc(N)c2c1. The molecule has 0 atom stereocenters. The van der Waals surface area contributed by atoms with Crippen molar-refractivity contribution in [3.8, 4) is 0 Å². The third-order valence-corrected chi connectivity index (χ3v) is 1.96. The van der Waals surface area contributed by atoms with Crippen LogP contribution in [-0.4, -0.2) is 4.98 Å². The van der Waals surface area contributed by atoms with Crippen LogP contribution >= 0.6 is 0 Å². The highest BCUT2D eigenvalue weighted by Crippen LogP contribution is 2.20. The molecule has 2 nitrogen and oxygen atoms in total. The van der Waals surface area contributed by atoms with Gasteiger partial charge in [0.15, 0.2) is 0 Å². The van der Waals surface area contributed by atoms with Crippen LogP contribution in [0.15, 0.2) is 24.3 Å². The van der Waals surface area contributed by atoms with Crippen LogP contribution in [0.3, 0.4) is 0 Å². The number of rotatable bonds is 0. The van der Waals surface area contributed by atoms with Gasteiger partial charge in [-0.05, 0) is 19.1 Å². The first kappa shape index (κ1) is 7.98. The molecule has 0 aliphatic rings. The number of aryl methyl sites for hydroxylation is 1. The van der Waals surface area contributed by atoms with E-state index in [1.54, 1.807) is 6.07 Å². The Morgan fingerprint density at radius 1 is 1.31 bits per heavy atom. The Kier molecular flexibility index (Phi) is 1.65. The Balaban J connectivity index is 2.87. The van der Waals surface area contributed by atoms with E-state index in [-0.39, 0.29) is 0 Å². The molecule has 0 fully saturated rings. The Morgan fingerprint density at radius 3 is 2.85 bits per heavy atom. The van der Waals surface area contributed by atoms with E-state index in [2.05, 4.69) is 4.98 Å². The van der Waals surface area contributed by atoms with Gasteiger partial charge in [0, 0.05) is 17.1 Å². The second-order valence-electron chi connectivity index (χ2n) is 3.05. The Bertz CT molecular complexity index is 466. The molecule has 0 unspecified atom stereocenters. The molecule has 2 N–H and O–H groups in total. The molecule has 3 heteroatoms. The minimum Gasteiger partial charge on any atom is -0.398 e. The van der Waals surface area contributed by atoms with Gasteiger partial charge in [0.25, 0.3) is 0 Å². The Hall–Kier alpha value is -1.64. The third kappa shape index (κ3) is 1.33. The summed E-state index contributed by atoms with van der Waals surface area (Å²) >= 11 is 0. The number of halogens is 1. The van der Waals surface area contributed by atoms with Gasteiger partial charge in [-0.25, -0.2) is 4.98 Å². The second kappa shape index (κ2) is 2.69. The molecule has 2 rings (SSSR count). The van der Waals surface area contributed by atoms with Gasteiger partial charge in [-0.15, -0.1) is 0 Å². The average molecular weight is 176 g/mol. The molecule has 2 aromatic rings. The van der Waals surface area contributed by atoms with E-state index in [1.807, 2.05) is 19.1 Å². The summed E-state index contributed by atoms with van der Waals surface area (Å²) < 4.78 is 12.8. The largest absolute Gasteiger partial charge is 0.398 e. The lowest BCUT2D eigenvalue weighted by molar-refractivity contribution is 0.590. The number of fused-ring (bicyclic) bond motifs is 1. The van der Waals surface area contributed by atoms with E-state index in [0.29, 0.717) is 11.2 Å². The van der Waals surface area contributed by atoms with Gasteiger partial charge >= 0.3 is 0 Å². The number of pyridine rings is 1. The summed E-state index contributed by atoms with van der Waals surface area (Å²) in [6.07, 6.45) is 0. The number of hydrogen-bond acceptors (Lipinski definition) is 2. The standard InChI is InChI=1S/C10H9FN2/c1-6-2-3-9-7(4-6)8(12)5-10(11)13-9/h2-5H,1H3,(H2,12,13). The van der Waals surface area contributed by atoms with E-state index in [9.17, 15) is 4.39 Å². The van der Waals surface area contributed by atoms with Crippen molar-refractivity contribution in [3.05, 3.63) is 35.8 Å². The fourth-order valence-corrected chi connectivity index (χ4v) is 1.33. The fourth-order valence-electron chi connectivity index (χ4n) is 1.33. The summed E-state index contributed by atoms with van der Waals surface area (Å²) in [6, 6.07) is 6.79. The number of benzene rings is 1. The van der Waals surface area contributed by atoms with E-state index < -0.39 is 5.95 Å². The lowest BCUT2D eigenvalue weighted by atomic mass is 10.1. The smallest absolute Gasteiger partial charge is 0.215 e. The maximum absolute atomic E-state index is 12.8. The van der Waals surface area contributed by atoms with Crippen molar-refractivity contribution >= 4 is 16.6 Å². The second-order valence-corrected chi connectivity index (χ2v) is 3.05. The molecule has 0 saturated heterocycles. The van der Waals surface area contributed by atoms with Crippen molar-refractivity contribution in [2.75, 3.05) is 5.73 Å². The van der Waals surface area contributed by atoms with Gasteiger partial charge in [-0.2, -0.15) is 4.39 Å². The van der Waals surface area contributed by atoms with Crippen molar-refractivity contribution < 1.29 is 4.39 Å². The first-order valence-corrected chi connectivity index (χ1v) is 3.99. The zero-order valence-corrected chi connectivity index (χ0v) is 7.21. The molecule has 0 radical (unpaired) electrons. The van der Waals surface area contributed by atoms with Crippen molar-refractivity contribution in [2.24, 2.45) is 0 Å². The highest BCUT2D eigenvalue weighted by Gasteiger charge is 2.02. The fraction of sp³-hybridized carbons (Fsp3) is 0.100. The minimum atomic E-state index is -0.533. The number of nitrogen functional groups attached to an aromatic ring is 1. The van der Waals surface area contributed by atoms with Crippen LogP contribution in [0, 0.1) is 12.9 Å². The zero-order chi connectivity index (χ0) is 9.42. The van der Waals surface area contributed by atoms with Crippen molar-refractivity contribution in [2.45, 2.75) is 6.92 Å². The third-order valence-electron chi connectivity index (χ3n) is 1.96. The summed E-state index contributed by atoms with van der Waals surface area (Å²) in [6.45, 7) is 1.96. The maximum atomic E-state index is 12.8. The highest BCUT2D eigenvalue weighted by molar-refractivity contribution is 5.90. The molecular formula is C10H9FN2. The van der Waals surface area contributed by atoms with Crippen LogP contribution in [0.4, 0.5) is 10.1 Å². The molecule has 0 aliphatic heterocycles. The highest BCUT2D eigenvalue weighted by atomic mass is 19.1. The van der Waals surface area contributed by atoms with E-state index in [4.69, 9.17) is 5.73 Å². The summed E-state index contributed by atoms with van der Waals surface area (Å²) in [5.41, 5.74) is 7.77. The Labute approximate surface area is 75.2 Å². The van der Waals surface area contributed by atoms with Crippen LogP contribution in [-0.2, 0) is 0 Å². The minimum absolute atomic E-state index is 0.436. The zero-order valence-electron chi connectivity index (χ0n) is 7.21. The van der Waals surface area contributed by atoms with E-state index in [1.165, 1.54) is 6.07 Å². The lowest BCUT2D eigenvalue weighted by Crippen LogP contribution is -1.92. The lowest BCUT2D eigenvalue weighted by Gasteiger charge is -2.02. The van der Waals surface area contributed by atoms with Crippen molar-refractivity contribution in [1.82, 2.24) is 4.98 Å². The monoisotopic (exact) mass is 176 g/mol. The van der Waals surface area contributed by atoms with E-state index in [0.717, 1.165) is 10.9 Å². The molecule has 66 valence electrons. The number of aromatic nitrogens is 1. The van der Waals surface area contributed by atoms with Gasteiger partial charge in [-0.3, -0.25) is 0 Å². The molecule has 0 amide bonds. The number of anilines is 1. The molecular weight excluding hydrogens is 167 g/mol.